The second-order valence-electron chi connectivity index (χ2n) is 3.60. The lowest BCUT2D eigenvalue weighted by molar-refractivity contribution is -0.00390. The fourth-order valence-electron chi connectivity index (χ4n) is 1.55. The summed E-state index contributed by atoms with van der Waals surface area (Å²) in [6, 6.07) is 11.4. The summed E-state index contributed by atoms with van der Waals surface area (Å²) in [6.07, 6.45) is 2.49. The highest BCUT2D eigenvalue weighted by Gasteiger charge is 2.31. The SMILES string of the molecule is FC(F)(Cc1ccccc1)c1ccncc1. The minimum absolute atomic E-state index is 0.00588. The molecular weight excluding hydrogens is 208 g/mol. The van der Waals surface area contributed by atoms with E-state index in [1.807, 2.05) is 6.07 Å². The fraction of sp³-hybridized carbons (Fsp3) is 0.154. The normalized spacial score (nSPS) is 11.4. The van der Waals surface area contributed by atoms with Crippen molar-refractivity contribution in [3.8, 4) is 0 Å². The van der Waals surface area contributed by atoms with Crippen molar-refractivity contribution < 1.29 is 8.78 Å². The van der Waals surface area contributed by atoms with Gasteiger partial charge in [0.2, 0.25) is 0 Å². The first-order valence-electron chi connectivity index (χ1n) is 5.01. The molecule has 3 heteroatoms. The number of alkyl halides is 2. The number of nitrogens with zero attached hydrogens (tertiary/aromatic N) is 1. The molecule has 0 fully saturated rings. The van der Waals surface area contributed by atoms with Gasteiger partial charge in [0.1, 0.15) is 0 Å². The first-order chi connectivity index (χ1) is 7.68. The Balaban J connectivity index is 2.21. The van der Waals surface area contributed by atoms with E-state index in [1.54, 1.807) is 24.3 Å². The highest BCUT2D eigenvalue weighted by molar-refractivity contribution is 5.22. The van der Waals surface area contributed by atoms with Crippen LogP contribution >= 0.6 is 0 Å². The molecule has 0 amide bonds. The molecule has 0 aliphatic carbocycles. The maximum atomic E-state index is 13.8. The van der Waals surface area contributed by atoms with Crippen LogP contribution < -0.4 is 0 Å². The average molecular weight is 219 g/mol. The predicted molar refractivity (Wildman–Crippen MR) is 58.3 cm³/mol. The summed E-state index contributed by atoms with van der Waals surface area (Å²) in [5, 5.41) is 0. The van der Waals surface area contributed by atoms with E-state index in [1.165, 1.54) is 24.5 Å². The molecule has 0 atom stereocenters. The Labute approximate surface area is 92.8 Å². The molecule has 1 heterocycles. The maximum Gasteiger partial charge on any atom is 0.277 e. The minimum atomic E-state index is -2.84. The van der Waals surface area contributed by atoms with Crippen LogP contribution in [0.3, 0.4) is 0 Å². The van der Waals surface area contributed by atoms with Crippen molar-refractivity contribution in [2.45, 2.75) is 12.3 Å². The Kier molecular flexibility index (Phi) is 2.95. The Morgan fingerprint density at radius 3 is 2.19 bits per heavy atom. The topological polar surface area (TPSA) is 12.9 Å². The Hall–Kier alpha value is -1.77. The van der Waals surface area contributed by atoms with Crippen molar-refractivity contribution >= 4 is 0 Å². The number of rotatable bonds is 3. The van der Waals surface area contributed by atoms with Gasteiger partial charge in [-0.2, -0.15) is 0 Å². The molecule has 0 saturated carbocycles. The van der Waals surface area contributed by atoms with Crippen molar-refractivity contribution in [1.82, 2.24) is 4.98 Å². The van der Waals surface area contributed by atoms with Crippen molar-refractivity contribution in [2.24, 2.45) is 0 Å². The molecule has 0 aliphatic rings. The van der Waals surface area contributed by atoms with Gasteiger partial charge in [-0.15, -0.1) is 0 Å². The van der Waals surface area contributed by atoms with Crippen molar-refractivity contribution in [1.29, 1.82) is 0 Å². The number of aromatic nitrogens is 1. The largest absolute Gasteiger partial charge is 0.277 e. The molecule has 82 valence electrons. The van der Waals surface area contributed by atoms with E-state index in [4.69, 9.17) is 0 Å². The molecule has 0 bridgehead atoms. The molecule has 2 rings (SSSR count). The second-order valence-corrected chi connectivity index (χ2v) is 3.60. The summed E-state index contributed by atoms with van der Waals surface area (Å²) in [6.45, 7) is 0. The molecule has 16 heavy (non-hydrogen) atoms. The van der Waals surface area contributed by atoms with E-state index in [2.05, 4.69) is 4.98 Å². The van der Waals surface area contributed by atoms with Gasteiger partial charge in [0.05, 0.1) is 0 Å². The fourth-order valence-corrected chi connectivity index (χ4v) is 1.55. The standard InChI is InChI=1S/C13H11F2N/c14-13(15,12-6-8-16-9-7-12)10-11-4-2-1-3-5-11/h1-9H,10H2. The molecule has 0 aliphatic heterocycles. The molecule has 1 aromatic carbocycles. The van der Waals surface area contributed by atoms with E-state index in [0.29, 0.717) is 5.56 Å². The van der Waals surface area contributed by atoms with Gasteiger partial charge in [0.25, 0.3) is 5.92 Å². The number of hydrogen-bond donors (Lipinski definition) is 0. The number of pyridine rings is 1. The van der Waals surface area contributed by atoms with Crippen molar-refractivity contribution in [2.75, 3.05) is 0 Å². The minimum Gasteiger partial charge on any atom is -0.265 e. The lowest BCUT2D eigenvalue weighted by Gasteiger charge is -2.16. The lowest BCUT2D eigenvalue weighted by Crippen LogP contribution is -2.16. The van der Waals surface area contributed by atoms with Gasteiger partial charge in [0, 0.05) is 24.4 Å². The zero-order valence-corrected chi connectivity index (χ0v) is 8.61. The highest BCUT2D eigenvalue weighted by atomic mass is 19.3. The summed E-state index contributed by atoms with van der Waals surface area (Å²) in [4.78, 5) is 3.73. The van der Waals surface area contributed by atoms with Crippen LogP contribution in [-0.4, -0.2) is 4.98 Å². The molecule has 0 radical (unpaired) electrons. The quantitative estimate of drug-likeness (QED) is 0.770. The zero-order chi connectivity index (χ0) is 11.4. The summed E-state index contributed by atoms with van der Waals surface area (Å²) >= 11 is 0. The van der Waals surface area contributed by atoms with Gasteiger partial charge in [0.15, 0.2) is 0 Å². The van der Waals surface area contributed by atoms with E-state index >= 15 is 0 Å². The molecule has 0 saturated heterocycles. The Morgan fingerprint density at radius 2 is 1.56 bits per heavy atom. The van der Waals surface area contributed by atoms with E-state index in [9.17, 15) is 8.78 Å². The van der Waals surface area contributed by atoms with Crippen molar-refractivity contribution in [3.63, 3.8) is 0 Å². The van der Waals surface area contributed by atoms with Crippen LogP contribution in [0.15, 0.2) is 54.9 Å². The molecule has 0 spiro atoms. The summed E-state index contributed by atoms with van der Waals surface area (Å²) in [7, 11) is 0. The summed E-state index contributed by atoms with van der Waals surface area (Å²) in [5.74, 6) is -2.84. The summed E-state index contributed by atoms with van der Waals surface area (Å²) < 4.78 is 27.6. The van der Waals surface area contributed by atoms with Gasteiger partial charge in [-0.25, -0.2) is 8.78 Å². The Bertz CT molecular complexity index is 440. The lowest BCUT2D eigenvalue weighted by atomic mass is 10.0. The van der Waals surface area contributed by atoms with Gasteiger partial charge in [-0.3, -0.25) is 4.98 Å². The average Bonchev–Trinajstić information content (AvgIpc) is 2.31. The second kappa shape index (κ2) is 4.39. The smallest absolute Gasteiger partial charge is 0.265 e. The first kappa shape index (κ1) is 10.7. The third kappa shape index (κ3) is 2.42. The van der Waals surface area contributed by atoms with Crippen LogP contribution in [0.2, 0.25) is 0 Å². The zero-order valence-electron chi connectivity index (χ0n) is 8.61. The van der Waals surface area contributed by atoms with Gasteiger partial charge < -0.3 is 0 Å². The van der Waals surface area contributed by atoms with E-state index in [-0.39, 0.29) is 12.0 Å². The number of hydrogen-bond acceptors (Lipinski definition) is 1. The van der Waals surface area contributed by atoms with E-state index < -0.39 is 5.92 Å². The Morgan fingerprint density at radius 1 is 0.938 bits per heavy atom. The van der Waals surface area contributed by atoms with Crippen LogP contribution in [0.5, 0.6) is 0 Å². The third-order valence-electron chi connectivity index (χ3n) is 2.37. The molecule has 0 unspecified atom stereocenters. The predicted octanol–water partition coefficient (Wildman–Crippen LogP) is 3.42. The van der Waals surface area contributed by atoms with Gasteiger partial charge in [-0.1, -0.05) is 30.3 Å². The molecule has 0 N–H and O–H groups in total. The van der Waals surface area contributed by atoms with Crippen LogP contribution in [0, 0.1) is 0 Å². The summed E-state index contributed by atoms with van der Waals surface area (Å²) in [5.41, 5.74) is 0.635. The first-order valence-corrected chi connectivity index (χ1v) is 5.01. The van der Waals surface area contributed by atoms with E-state index in [0.717, 1.165) is 0 Å². The van der Waals surface area contributed by atoms with Crippen LogP contribution in [-0.2, 0) is 12.3 Å². The molecule has 2 aromatic rings. The third-order valence-corrected chi connectivity index (χ3v) is 2.37. The monoisotopic (exact) mass is 219 g/mol. The molecule has 1 aromatic heterocycles. The maximum absolute atomic E-state index is 13.8. The molecular formula is C13H11F2N. The molecule has 1 nitrogen and oxygen atoms in total. The van der Waals surface area contributed by atoms with Gasteiger partial charge >= 0.3 is 0 Å². The number of halogens is 2. The van der Waals surface area contributed by atoms with Crippen molar-refractivity contribution in [3.05, 3.63) is 66.0 Å². The van der Waals surface area contributed by atoms with Gasteiger partial charge in [-0.05, 0) is 17.7 Å². The van der Waals surface area contributed by atoms with Crippen LogP contribution in [0.25, 0.3) is 0 Å². The van der Waals surface area contributed by atoms with Crippen LogP contribution in [0.1, 0.15) is 11.1 Å². The number of benzene rings is 1. The van der Waals surface area contributed by atoms with Crippen LogP contribution in [0.4, 0.5) is 8.78 Å². The highest BCUT2D eigenvalue weighted by Crippen LogP contribution is 2.31.